The minimum Gasteiger partial charge on any atom is -0.509 e. The largest absolute Gasteiger partial charge is 0.509 e. The molecule has 0 unspecified atom stereocenters. The summed E-state index contributed by atoms with van der Waals surface area (Å²) < 4.78 is 8.98. The maximum absolute atomic E-state index is 6.89. The summed E-state index contributed by atoms with van der Waals surface area (Å²) in [6.07, 6.45) is 2.07. The number of aromatic nitrogens is 2. The molecule has 0 atom stereocenters. The molecule has 1 aliphatic heterocycles. The molecule has 0 spiro atoms. The van der Waals surface area contributed by atoms with Crippen LogP contribution in [0.1, 0.15) is 91.5 Å². The summed E-state index contributed by atoms with van der Waals surface area (Å²) in [5.41, 5.74) is 15.5. The quantitative estimate of drug-likeness (QED) is 0.123. The summed E-state index contributed by atoms with van der Waals surface area (Å²) in [6, 6.07) is 57.8. The molecule has 0 amide bonds. The van der Waals surface area contributed by atoms with Crippen LogP contribution in [0.5, 0.6) is 11.5 Å². The summed E-state index contributed by atoms with van der Waals surface area (Å²) >= 11 is 0. The standard InChI is InChI=1S/C60H55N4O.Pt/c1-57(2,3)40-30-42(34-44(31-40)65-43-28-29-45-46-24-19-25-49-54(46)56-50(60(9,10)59(49,7)8)36-61-64(56)53(45)35-43)62-37-63(52-27-18-17-26-51(52)62)55-47(38-20-13-11-14-21-38)32-41(58(4,5)6)33-48(55)39-22-15-12-16-23-39;/h11-33,36-37H,1-10H3;/q-3;. The van der Waals surface area contributed by atoms with Gasteiger partial charge in [0.05, 0.1) is 11.7 Å². The van der Waals surface area contributed by atoms with Gasteiger partial charge < -0.3 is 14.5 Å². The van der Waals surface area contributed by atoms with E-state index in [1.807, 2.05) is 6.07 Å². The molecule has 0 N–H and O–H groups in total. The normalized spacial score (nSPS) is 15.1. The Hall–Kier alpha value is -6.16. The zero-order valence-corrected chi connectivity index (χ0v) is 41.7. The Morgan fingerprint density at radius 2 is 1.14 bits per heavy atom. The molecule has 5 nitrogen and oxygen atoms in total. The van der Waals surface area contributed by atoms with E-state index in [1.165, 1.54) is 49.7 Å². The molecule has 11 rings (SSSR count). The minimum absolute atomic E-state index is 0. The van der Waals surface area contributed by atoms with Gasteiger partial charge in [-0.15, -0.1) is 53.6 Å². The monoisotopic (exact) mass is 1040 g/mol. The third-order valence-corrected chi connectivity index (χ3v) is 14.6. The second-order valence-corrected chi connectivity index (χ2v) is 21.1. The van der Waals surface area contributed by atoms with E-state index in [0.717, 1.165) is 44.7 Å². The Labute approximate surface area is 404 Å². The molecule has 2 aliphatic rings. The van der Waals surface area contributed by atoms with E-state index in [0.29, 0.717) is 11.5 Å². The van der Waals surface area contributed by atoms with Crippen molar-refractivity contribution in [1.29, 1.82) is 0 Å². The zero-order chi connectivity index (χ0) is 45.2. The van der Waals surface area contributed by atoms with Gasteiger partial charge in [-0.05, 0) is 73.7 Å². The Balaban J connectivity index is 0.00000511. The third kappa shape index (κ3) is 6.79. The molecule has 3 heterocycles. The van der Waals surface area contributed by atoms with Crippen LogP contribution in [0.15, 0.2) is 146 Å². The van der Waals surface area contributed by atoms with Gasteiger partial charge in [0.25, 0.3) is 0 Å². The van der Waals surface area contributed by atoms with E-state index in [-0.39, 0.29) is 42.7 Å². The number of pyridine rings is 1. The first-order valence-electron chi connectivity index (χ1n) is 22.9. The van der Waals surface area contributed by atoms with Crippen molar-refractivity contribution >= 4 is 49.9 Å². The van der Waals surface area contributed by atoms with Crippen molar-refractivity contribution in [2.45, 2.75) is 90.9 Å². The van der Waals surface area contributed by atoms with Crippen molar-refractivity contribution in [3.63, 3.8) is 0 Å². The number of hydrogen-bond donors (Lipinski definition) is 0. The fraction of sp³-hybridized carbons (Fsp3) is 0.233. The van der Waals surface area contributed by atoms with Crippen molar-refractivity contribution in [3.8, 4) is 33.8 Å². The van der Waals surface area contributed by atoms with Gasteiger partial charge in [-0.2, -0.15) is 11.2 Å². The SMILES string of the molecule is CC(C)(C)c1cc(Oc2[c-]c3c(cc2)c2cccc4c2c2c(cnn32)C(C)(C)C4(C)C)[c-]c(N2[CH-]N(c3c(-c4ccccc4)cc(C(C)(C)C)cc3-c3ccccc3)c3ccccc32)c1.[Pt]. The number of rotatable bonds is 6. The third-order valence-electron chi connectivity index (χ3n) is 14.6. The molecule has 7 aromatic carbocycles. The van der Waals surface area contributed by atoms with Crippen LogP contribution < -0.4 is 14.5 Å². The van der Waals surface area contributed by atoms with Crippen molar-refractivity contribution in [3.05, 3.63) is 187 Å². The molecule has 0 fully saturated rings. The Kier molecular flexibility index (Phi) is 10.2. The van der Waals surface area contributed by atoms with Gasteiger partial charge in [0.2, 0.25) is 0 Å². The van der Waals surface area contributed by atoms with Crippen molar-refractivity contribution < 1.29 is 25.8 Å². The van der Waals surface area contributed by atoms with Crippen LogP contribution in [0.25, 0.3) is 49.4 Å². The molecule has 0 bridgehead atoms. The maximum atomic E-state index is 6.89. The molecular formula is C60H55N4OPt-3. The van der Waals surface area contributed by atoms with Crippen molar-refractivity contribution in [2.75, 3.05) is 9.80 Å². The predicted molar refractivity (Wildman–Crippen MR) is 270 cm³/mol. The molecule has 9 aromatic rings. The topological polar surface area (TPSA) is 33.0 Å². The van der Waals surface area contributed by atoms with Gasteiger partial charge in [-0.1, -0.05) is 166 Å². The number of para-hydroxylation sites is 2. The van der Waals surface area contributed by atoms with Gasteiger partial charge in [-0.3, -0.25) is 4.52 Å². The first-order chi connectivity index (χ1) is 31.0. The van der Waals surface area contributed by atoms with Crippen LogP contribution in [0.2, 0.25) is 0 Å². The number of hydrogen-bond acceptors (Lipinski definition) is 4. The van der Waals surface area contributed by atoms with E-state index in [9.17, 15) is 0 Å². The number of nitrogens with zero attached hydrogens (tertiary/aromatic N) is 4. The molecule has 1 aliphatic carbocycles. The Morgan fingerprint density at radius 1 is 0.561 bits per heavy atom. The first-order valence-corrected chi connectivity index (χ1v) is 22.9. The summed E-state index contributed by atoms with van der Waals surface area (Å²) in [7, 11) is 0. The second-order valence-electron chi connectivity index (χ2n) is 21.1. The van der Waals surface area contributed by atoms with Gasteiger partial charge >= 0.3 is 0 Å². The second kappa shape index (κ2) is 15.5. The van der Waals surface area contributed by atoms with Gasteiger partial charge in [0.1, 0.15) is 0 Å². The van der Waals surface area contributed by atoms with Crippen LogP contribution >= 0.6 is 0 Å². The summed E-state index contributed by atoms with van der Waals surface area (Å²) in [5, 5.41) is 8.65. The minimum atomic E-state index is -0.180. The molecule has 334 valence electrons. The van der Waals surface area contributed by atoms with E-state index in [2.05, 4.69) is 242 Å². The molecule has 0 saturated heterocycles. The van der Waals surface area contributed by atoms with Crippen LogP contribution in [-0.4, -0.2) is 9.61 Å². The van der Waals surface area contributed by atoms with E-state index < -0.39 is 0 Å². The smallest absolute Gasteiger partial charge is 0.0752 e. The van der Waals surface area contributed by atoms with Crippen molar-refractivity contribution in [1.82, 2.24) is 9.61 Å². The predicted octanol–water partition coefficient (Wildman–Crippen LogP) is 15.9. The summed E-state index contributed by atoms with van der Waals surface area (Å²) in [6.45, 7) is 25.3. The first kappa shape index (κ1) is 43.7. The molecule has 0 radical (unpaired) electrons. The van der Waals surface area contributed by atoms with E-state index in [1.54, 1.807) is 0 Å². The number of anilines is 4. The molecule has 6 heteroatoms. The number of ether oxygens (including phenoxy) is 1. The number of benzene rings is 7. The van der Waals surface area contributed by atoms with Gasteiger partial charge in [-0.25, -0.2) is 0 Å². The number of fused-ring (bicyclic) bond motifs is 4. The van der Waals surface area contributed by atoms with E-state index >= 15 is 0 Å². The molecular weight excluding hydrogens is 988 g/mol. The Bertz CT molecular complexity index is 3290. The summed E-state index contributed by atoms with van der Waals surface area (Å²) in [4.78, 5) is 4.64. The summed E-state index contributed by atoms with van der Waals surface area (Å²) in [5.74, 6) is 1.24. The Morgan fingerprint density at radius 3 is 1.76 bits per heavy atom. The zero-order valence-electron chi connectivity index (χ0n) is 39.4. The average molecular weight is 1040 g/mol. The van der Waals surface area contributed by atoms with Crippen LogP contribution in [0, 0.1) is 18.8 Å². The van der Waals surface area contributed by atoms with Crippen LogP contribution in [0.3, 0.4) is 0 Å². The molecule has 0 saturated carbocycles. The fourth-order valence-electron chi connectivity index (χ4n) is 10.1. The van der Waals surface area contributed by atoms with Crippen LogP contribution in [-0.2, 0) is 42.7 Å². The van der Waals surface area contributed by atoms with Crippen LogP contribution in [0.4, 0.5) is 22.7 Å². The molecule has 66 heavy (non-hydrogen) atoms. The average Bonchev–Trinajstić information content (AvgIpc) is 3.92. The van der Waals surface area contributed by atoms with Crippen molar-refractivity contribution in [2.24, 2.45) is 0 Å². The van der Waals surface area contributed by atoms with Gasteiger partial charge in [0.15, 0.2) is 0 Å². The van der Waals surface area contributed by atoms with Gasteiger partial charge in [0, 0.05) is 71.7 Å². The fourth-order valence-corrected chi connectivity index (χ4v) is 10.1. The maximum Gasteiger partial charge on any atom is 0.0752 e. The molecule has 2 aromatic heterocycles. The van der Waals surface area contributed by atoms with E-state index in [4.69, 9.17) is 9.84 Å².